The van der Waals surface area contributed by atoms with E-state index in [2.05, 4.69) is 0 Å². The average Bonchev–Trinajstić information content (AvgIpc) is 3.09. The second-order valence-electron chi connectivity index (χ2n) is 6.59. The van der Waals surface area contributed by atoms with Crippen LogP contribution < -0.4 is 9.47 Å². The Labute approximate surface area is 119 Å². The highest BCUT2D eigenvalue weighted by atomic mass is 16.6. The van der Waals surface area contributed by atoms with Crippen molar-refractivity contribution >= 4 is 0 Å². The maximum atomic E-state index is 10.5. The molecule has 0 amide bonds. The van der Waals surface area contributed by atoms with Crippen molar-refractivity contribution in [1.29, 1.82) is 0 Å². The Balaban J connectivity index is 1.46. The third kappa shape index (κ3) is 2.18. The molecule has 0 saturated heterocycles. The Morgan fingerprint density at radius 2 is 1.95 bits per heavy atom. The van der Waals surface area contributed by atoms with E-state index in [1.54, 1.807) is 0 Å². The molecule has 0 aromatic heterocycles. The molecule has 3 heteroatoms. The summed E-state index contributed by atoms with van der Waals surface area (Å²) in [5.41, 5.74) is 0.969. The summed E-state index contributed by atoms with van der Waals surface area (Å²) in [6.45, 7) is 1.21. The standard InChI is InChI=1S/C17H22O3/c18-15(9-14-8-11-1-2-12(14)7-11)13-3-4-16-17(10-13)20-6-5-19-16/h3-4,10-12,14-15,18H,1-2,5-9H2. The van der Waals surface area contributed by atoms with Crippen LogP contribution in [0.1, 0.15) is 43.8 Å². The number of rotatable bonds is 3. The normalized spacial score (nSPS) is 32.4. The highest BCUT2D eigenvalue weighted by Crippen LogP contribution is 2.51. The first kappa shape index (κ1) is 12.5. The molecule has 1 N–H and O–H groups in total. The van der Waals surface area contributed by atoms with Gasteiger partial charge in [0, 0.05) is 0 Å². The molecule has 1 aromatic carbocycles. The summed E-state index contributed by atoms with van der Waals surface area (Å²) in [5.74, 6) is 4.11. The molecule has 2 fully saturated rings. The van der Waals surface area contributed by atoms with Crippen LogP contribution in [0.15, 0.2) is 18.2 Å². The molecule has 3 aliphatic rings. The number of hydrogen-bond acceptors (Lipinski definition) is 3. The largest absolute Gasteiger partial charge is 0.486 e. The summed E-state index contributed by atoms with van der Waals surface area (Å²) < 4.78 is 11.1. The van der Waals surface area contributed by atoms with Gasteiger partial charge in [-0.15, -0.1) is 0 Å². The number of aliphatic hydroxyl groups excluding tert-OH is 1. The molecule has 4 unspecified atom stereocenters. The Morgan fingerprint density at radius 1 is 1.10 bits per heavy atom. The molecule has 108 valence electrons. The Morgan fingerprint density at radius 3 is 2.70 bits per heavy atom. The summed E-state index contributed by atoms with van der Waals surface area (Å²) >= 11 is 0. The van der Waals surface area contributed by atoms with Gasteiger partial charge in [0.2, 0.25) is 0 Å². The minimum absolute atomic E-state index is 0.366. The second-order valence-corrected chi connectivity index (χ2v) is 6.59. The van der Waals surface area contributed by atoms with Crippen molar-refractivity contribution in [2.45, 2.75) is 38.2 Å². The highest BCUT2D eigenvalue weighted by Gasteiger charge is 2.40. The van der Waals surface area contributed by atoms with E-state index in [-0.39, 0.29) is 6.10 Å². The zero-order valence-corrected chi connectivity index (χ0v) is 11.8. The van der Waals surface area contributed by atoms with Gasteiger partial charge in [-0.3, -0.25) is 0 Å². The lowest BCUT2D eigenvalue weighted by molar-refractivity contribution is 0.124. The predicted molar refractivity (Wildman–Crippen MR) is 75.9 cm³/mol. The predicted octanol–water partition coefficient (Wildman–Crippen LogP) is 3.32. The summed E-state index contributed by atoms with van der Waals surface area (Å²) in [6.07, 6.45) is 6.06. The van der Waals surface area contributed by atoms with Crippen molar-refractivity contribution in [2.75, 3.05) is 13.2 Å². The van der Waals surface area contributed by atoms with Crippen molar-refractivity contribution < 1.29 is 14.6 Å². The number of hydrogen-bond donors (Lipinski definition) is 1. The topological polar surface area (TPSA) is 38.7 Å². The van der Waals surface area contributed by atoms with Crippen molar-refractivity contribution in [1.82, 2.24) is 0 Å². The van der Waals surface area contributed by atoms with E-state index >= 15 is 0 Å². The maximum Gasteiger partial charge on any atom is 0.161 e. The molecule has 20 heavy (non-hydrogen) atoms. The van der Waals surface area contributed by atoms with Crippen molar-refractivity contribution in [2.24, 2.45) is 17.8 Å². The van der Waals surface area contributed by atoms with E-state index in [0.29, 0.717) is 13.2 Å². The van der Waals surface area contributed by atoms with Gasteiger partial charge in [0.1, 0.15) is 13.2 Å². The van der Waals surface area contributed by atoms with E-state index in [4.69, 9.17) is 9.47 Å². The van der Waals surface area contributed by atoms with Crippen LogP contribution in [0.2, 0.25) is 0 Å². The molecule has 0 spiro atoms. The summed E-state index contributed by atoms with van der Waals surface area (Å²) in [6, 6.07) is 5.85. The fraction of sp³-hybridized carbons (Fsp3) is 0.647. The molecule has 3 nitrogen and oxygen atoms in total. The SMILES string of the molecule is OC(CC1CC2CCC1C2)c1ccc2c(c1)OCCO2. The first-order valence-corrected chi connectivity index (χ1v) is 7.87. The van der Waals surface area contributed by atoms with Crippen LogP contribution in [-0.2, 0) is 0 Å². The van der Waals surface area contributed by atoms with Crippen LogP contribution >= 0.6 is 0 Å². The molecule has 1 aromatic rings. The maximum absolute atomic E-state index is 10.5. The lowest BCUT2D eigenvalue weighted by Gasteiger charge is -2.25. The van der Waals surface area contributed by atoms with Crippen molar-refractivity contribution in [3.8, 4) is 11.5 Å². The molecule has 4 atom stereocenters. The van der Waals surface area contributed by atoms with Gasteiger partial charge in [-0.25, -0.2) is 0 Å². The molecule has 2 bridgehead atoms. The Hall–Kier alpha value is -1.22. The smallest absolute Gasteiger partial charge is 0.161 e. The van der Waals surface area contributed by atoms with Crippen LogP contribution in [-0.4, -0.2) is 18.3 Å². The van der Waals surface area contributed by atoms with Gasteiger partial charge >= 0.3 is 0 Å². The van der Waals surface area contributed by atoms with Crippen LogP contribution in [0, 0.1) is 17.8 Å². The lowest BCUT2D eigenvalue weighted by Crippen LogP contribution is -2.17. The van der Waals surface area contributed by atoms with E-state index in [9.17, 15) is 5.11 Å². The van der Waals surface area contributed by atoms with Gasteiger partial charge in [0.05, 0.1) is 6.10 Å². The van der Waals surface area contributed by atoms with Gasteiger partial charge in [0.15, 0.2) is 11.5 Å². The monoisotopic (exact) mass is 274 g/mol. The fourth-order valence-electron chi connectivity index (χ4n) is 4.36. The Kier molecular flexibility index (Phi) is 3.10. The molecule has 2 aliphatic carbocycles. The van der Waals surface area contributed by atoms with Gasteiger partial charge in [0.25, 0.3) is 0 Å². The van der Waals surface area contributed by atoms with Gasteiger partial charge in [-0.05, 0) is 61.1 Å². The van der Waals surface area contributed by atoms with Gasteiger partial charge in [-0.2, -0.15) is 0 Å². The quantitative estimate of drug-likeness (QED) is 0.919. The van der Waals surface area contributed by atoms with E-state index in [1.807, 2.05) is 18.2 Å². The number of aliphatic hydroxyl groups is 1. The minimum Gasteiger partial charge on any atom is -0.486 e. The van der Waals surface area contributed by atoms with Gasteiger partial charge < -0.3 is 14.6 Å². The summed E-state index contributed by atoms with van der Waals surface area (Å²) in [7, 11) is 0. The third-order valence-electron chi connectivity index (χ3n) is 5.36. The zero-order valence-electron chi connectivity index (χ0n) is 11.8. The highest BCUT2D eigenvalue weighted by molar-refractivity contribution is 5.44. The number of benzene rings is 1. The van der Waals surface area contributed by atoms with Crippen LogP contribution in [0.4, 0.5) is 0 Å². The molecular weight excluding hydrogens is 252 g/mol. The molecule has 4 rings (SSSR count). The van der Waals surface area contributed by atoms with Crippen LogP contribution in [0.3, 0.4) is 0 Å². The molecule has 2 saturated carbocycles. The Bertz CT molecular complexity index is 499. The molecule has 1 aliphatic heterocycles. The average molecular weight is 274 g/mol. The minimum atomic E-state index is -0.366. The molecule has 0 radical (unpaired) electrons. The second kappa shape index (κ2) is 4.96. The number of fused-ring (bicyclic) bond motifs is 3. The first-order valence-electron chi connectivity index (χ1n) is 7.87. The van der Waals surface area contributed by atoms with Crippen molar-refractivity contribution in [3.05, 3.63) is 23.8 Å². The molecule has 1 heterocycles. The summed E-state index contributed by atoms with van der Waals surface area (Å²) in [4.78, 5) is 0. The lowest BCUT2D eigenvalue weighted by atomic mass is 9.83. The third-order valence-corrected chi connectivity index (χ3v) is 5.36. The van der Waals surface area contributed by atoms with Crippen LogP contribution in [0.5, 0.6) is 11.5 Å². The van der Waals surface area contributed by atoms with Crippen molar-refractivity contribution in [3.63, 3.8) is 0 Å². The first-order chi connectivity index (χ1) is 9.79. The molecular formula is C17H22O3. The van der Waals surface area contributed by atoms with E-state index in [1.165, 1.54) is 25.7 Å². The number of ether oxygens (including phenoxy) is 2. The fourth-order valence-corrected chi connectivity index (χ4v) is 4.36. The zero-order chi connectivity index (χ0) is 13.5. The summed E-state index contributed by atoms with van der Waals surface area (Å²) in [5, 5.41) is 10.5. The van der Waals surface area contributed by atoms with Crippen LogP contribution in [0.25, 0.3) is 0 Å². The van der Waals surface area contributed by atoms with Gasteiger partial charge in [-0.1, -0.05) is 12.5 Å². The van der Waals surface area contributed by atoms with E-state index in [0.717, 1.165) is 41.2 Å². The van der Waals surface area contributed by atoms with E-state index < -0.39 is 0 Å².